The molecule has 18 heavy (non-hydrogen) atoms. The summed E-state index contributed by atoms with van der Waals surface area (Å²) in [6.45, 7) is 7.00. The quantitative estimate of drug-likeness (QED) is 0.827. The van der Waals surface area contributed by atoms with Crippen LogP contribution in [-0.4, -0.2) is 6.04 Å². The van der Waals surface area contributed by atoms with E-state index in [1.165, 1.54) is 24.8 Å². The summed E-state index contributed by atoms with van der Waals surface area (Å²) in [6.07, 6.45) is 4.10. The summed E-state index contributed by atoms with van der Waals surface area (Å²) in [5.74, 6) is 1.56. The van der Waals surface area contributed by atoms with Crippen LogP contribution < -0.4 is 5.32 Å². The van der Waals surface area contributed by atoms with Gasteiger partial charge in [-0.15, -0.1) is 0 Å². The zero-order valence-electron chi connectivity index (χ0n) is 11.6. The number of rotatable bonds is 3. The predicted octanol–water partition coefficient (Wildman–Crippen LogP) is 4.82. The second-order valence-electron chi connectivity index (χ2n) is 5.85. The molecule has 0 spiro atoms. The normalized spacial score (nSPS) is 30.1. The van der Waals surface area contributed by atoms with Gasteiger partial charge in [0, 0.05) is 17.1 Å². The van der Waals surface area contributed by atoms with Gasteiger partial charge in [0.2, 0.25) is 0 Å². The molecular weight excluding hydrogens is 242 g/mol. The lowest BCUT2D eigenvalue weighted by Gasteiger charge is -2.37. The first-order valence-corrected chi connectivity index (χ1v) is 7.47. The van der Waals surface area contributed by atoms with Gasteiger partial charge in [-0.1, -0.05) is 44.0 Å². The molecular formula is C16H24ClN. The molecule has 0 radical (unpaired) electrons. The molecule has 1 N–H and O–H groups in total. The Hall–Kier alpha value is -0.530. The zero-order valence-corrected chi connectivity index (χ0v) is 12.4. The Morgan fingerprint density at radius 3 is 2.22 bits per heavy atom. The highest BCUT2D eigenvalue weighted by Crippen LogP contribution is 2.30. The summed E-state index contributed by atoms with van der Waals surface area (Å²) in [5, 5.41) is 4.62. The highest BCUT2D eigenvalue weighted by atomic mass is 35.5. The predicted molar refractivity (Wildman–Crippen MR) is 79.0 cm³/mol. The maximum Gasteiger partial charge on any atom is 0.0406 e. The number of nitrogens with one attached hydrogen (secondary N) is 1. The van der Waals surface area contributed by atoms with Crippen molar-refractivity contribution in [2.24, 2.45) is 11.8 Å². The molecule has 2 rings (SSSR count). The van der Waals surface area contributed by atoms with E-state index in [0.29, 0.717) is 12.1 Å². The van der Waals surface area contributed by atoms with Crippen molar-refractivity contribution in [2.45, 2.75) is 52.1 Å². The van der Waals surface area contributed by atoms with E-state index in [4.69, 9.17) is 11.6 Å². The fourth-order valence-corrected chi connectivity index (χ4v) is 3.27. The van der Waals surface area contributed by atoms with Crippen LogP contribution in [0.4, 0.5) is 0 Å². The number of halogens is 1. The minimum absolute atomic E-state index is 0.398. The van der Waals surface area contributed by atoms with Crippen molar-refractivity contribution in [3.63, 3.8) is 0 Å². The second-order valence-corrected chi connectivity index (χ2v) is 6.29. The van der Waals surface area contributed by atoms with Crippen LogP contribution in [0, 0.1) is 11.8 Å². The van der Waals surface area contributed by atoms with Crippen LogP contribution >= 0.6 is 11.6 Å². The molecule has 1 fully saturated rings. The minimum atomic E-state index is 0.398. The van der Waals surface area contributed by atoms with Crippen molar-refractivity contribution in [3.8, 4) is 0 Å². The monoisotopic (exact) mass is 265 g/mol. The molecule has 1 aromatic rings. The molecule has 1 saturated carbocycles. The van der Waals surface area contributed by atoms with Crippen LogP contribution in [0.3, 0.4) is 0 Å². The maximum absolute atomic E-state index is 5.93. The standard InChI is InChI=1S/C16H24ClN/c1-11-5-4-6-12(2)16(11)18-13(3)14-7-9-15(17)10-8-14/h7-13,16,18H,4-6H2,1-3H3/t11?,12?,13-,16?/m1/s1. The van der Waals surface area contributed by atoms with E-state index in [9.17, 15) is 0 Å². The van der Waals surface area contributed by atoms with Gasteiger partial charge in [-0.05, 0) is 49.3 Å². The van der Waals surface area contributed by atoms with Crippen molar-refractivity contribution < 1.29 is 0 Å². The summed E-state index contributed by atoms with van der Waals surface area (Å²) in [5.41, 5.74) is 1.32. The third-order valence-corrected chi connectivity index (χ3v) is 4.61. The Balaban J connectivity index is 2.01. The van der Waals surface area contributed by atoms with Crippen molar-refractivity contribution in [1.29, 1.82) is 0 Å². The Labute approximate surface area is 116 Å². The fourth-order valence-electron chi connectivity index (χ4n) is 3.15. The van der Waals surface area contributed by atoms with Gasteiger partial charge in [0.15, 0.2) is 0 Å². The van der Waals surface area contributed by atoms with E-state index in [1.54, 1.807) is 0 Å². The van der Waals surface area contributed by atoms with Gasteiger partial charge >= 0.3 is 0 Å². The van der Waals surface area contributed by atoms with E-state index in [0.717, 1.165) is 16.9 Å². The topological polar surface area (TPSA) is 12.0 Å². The lowest BCUT2D eigenvalue weighted by Crippen LogP contribution is -2.43. The highest BCUT2D eigenvalue weighted by Gasteiger charge is 2.28. The minimum Gasteiger partial charge on any atom is -0.307 e. The fraction of sp³-hybridized carbons (Fsp3) is 0.625. The average molecular weight is 266 g/mol. The number of benzene rings is 1. The van der Waals surface area contributed by atoms with E-state index in [2.05, 4.69) is 38.2 Å². The Morgan fingerprint density at radius 1 is 1.11 bits per heavy atom. The van der Waals surface area contributed by atoms with E-state index < -0.39 is 0 Å². The smallest absolute Gasteiger partial charge is 0.0406 e. The summed E-state index contributed by atoms with van der Waals surface area (Å²) in [7, 11) is 0. The molecule has 0 bridgehead atoms. The van der Waals surface area contributed by atoms with Crippen LogP contribution in [0.1, 0.15) is 51.6 Å². The average Bonchev–Trinajstić information content (AvgIpc) is 2.34. The summed E-state index contributed by atoms with van der Waals surface area (Å²) < 4.78 is 0. The van der Waals surface area contributed by atoms with Gasteiger partial charge in [-0.25, -0.2) is 0 Å². The Kier molecular flexibility index (Phi) is 4.69. The lowest BCUT2D eigenvalue weighted by atomic mass is 9.78. The Bertz CT molecular complexity index is 363. The summed E-state index contributed by atoms with van der Waals surface area (Å²) in [6, 6.07) is 9.24. The molecule has 1 nitrogen and oxygen atoms in total. The molecule has 2 unspecified atom stereocenters. The third kappa shape index (κ3) is 3.27. The zero-order chi connectivity index (χ0) is 13.1. The first kappa shape index (κ1) is 13.9. The van der Waals surface area contributed by atoms with Gasteiger partial charge in [0.1, 0.15) is 0 Å². The summed E-state index contributed by atoms with van der Waals surface area (Å²) in [4.78, 5) is 0. The van der Waals surface area contributed by atoms with Gasteiger partial charge in [0.25, 0.3) is 0 Å². The molecule has 0 amide bonds. The first-order valence-electron chi connectivity index (χ1n) is 7.09. The molecule has 3 atom stereocenters. The SMILES string of the molecule is CC1CCCC(C)C1N[C@H](C)c1ccc(Cl)cc1. The molecule has 0 heterocycles. The van der Waals surface area contributed by atoms with Crippen LogP contribution in [-0.2, 0) is 0 Å². The van der Waals surface area contributed by atoms with E-state index in [1.807, 2.05) is 12.1 Å². The van der Waals surface area contributed by atoms with Crippen LogP contribution in [0.25, 0.3) is 0 Å². The van der Waals surface area contributed by atoms with Gasteiger partial charge in [-0.3, -0.25) is 0 Å². The molecule has 0 saturated heterocycles. The van der Waals surface area contributed by atoms with Crippen LogP contribution in [0.15, 0.2) is 24.3 Å². The number of hydrogen-bond donors (Lipinski definition) is 1. The second kappa shape index (κ2) is 6.08. The van der Waals surface area contributed by atoms with Crippen molar-refractivity contribution in [1.82, 2.24) is 5.32 Å². The van der Waals surface area contributed by atoms with Gasteiger partial charge in [-0.2, -0.15) is 0 Å². The summed E-state index contributed by atoms with van der Waals surface area (Å²) >= 11 is 5.93. The lowest BCUT2D eigenvalue weighted by molar-refractivity contribution is 0.196. The van der Waals surface area contributed by atoms with Crippen LogP contribution in [0.5, 0.6) is 0 Å². The molecule has 2 heteroatoms. The first-order chi connectivity index (χ1) is 8.58. The largest absolute Gasteiger partial charge is 0.307 e. The van der Waals surface area contributed by atoms with Crippen molar-refractivity contribution in [2.75, 3.05) is 0 Å². The molecule has 1 aliphatic carbocycles. The van der Waals surface area contributed by atoms with E-state index >= 15 is 0 Å². The maximum atomic E-state index is 5.93. The molecule has 0 aromatic heterocycles. The van der Waals surface area contributed by atoms with Gasteiger partial charge < -0.3 is 5.32 Å². The highest BCUT2D eigenvalue weighted by molar-refractivity contribution is 6.30. The molecule has 1 aliphatic rings. The molecule has 1 aromatic carbocycles. The van der Waals surface area contributed by atoms with E-state index in [-0.39, 0.29) is 0 Å². The Morgan fingerprint density at radius 2 is 1.67 bits per heavy atom. The van der Waals surface area contributed by atoms with Crippen molar-refractivity contribution >= 4 is 11.6 Å². The van der Waals surface area contributed by atoms with Gasteiger partial charge in [0.05, 0.1) is 0 Å². The molecule has 0 aliphatic heterocycles. The number of hydrogen-bond acceptors (Lipinski definition) is 1. The third-order valence-electron chi connectivity index (χ3n) is 4.36. The van der Waals surface area contributed by atoms with Crippen molar-refractivity contribution in [3.05, 3.63) is 34.9 Å². The molecule has 100 valence electrons. The van der Waals surface area contributed by atoms with Crippen LogP contribution in [0.2, 0.25) is 5.02 Å².